The Morgan fingerprint density at radius 2 is 0.500 bits per heavy atom. The van der Waals surface area contributed by atoms with E-state index in [1.807, 2.05) is 22.7 Å². The molecule has 11 fully saturated rings. The molecule has 0 bridgehead atoms. The zero-order chi connectivity index (χ0) is 73.9. The number of aldehydes is 1. The predicted molar refractivity (Wildman–Crippen MR) is 444 cm³/mol. The maximum Gasteiger partial charge on any atom is 0.300 e. The number of halogens is 3. The molecule has 11 aliphatic rings. The summed E-state index contributed by atoms with van der Waals surface area (Å²) in [4.78, 5) is 51.4. The molecule has 1 amide bonds. The van der Waals surface area contributed by atoms with E-state index < -0.39 is 5.97 Å². The van der Waals surface area contributed by atoms with Crippen LogP contribution in [0.5, 0.6) is 0 Å². The molecule has 0 aromatic carbocycles. The third-order valence-corrected chi connectivity index (χ3v) is 14.5. The van der Waals surface area contributed by atoms with E-state index >= 15 is 0 Å². The Balaban J connectivity index is -0.0000000686. The van der Waals surface area contributed by atoms with E-state index in [4.69, 9.17) is 30.2 Å². The van der Waals surface area contributed by atoms with Crippen LogP contribution in [0, 0.1) is 11.3 Å². The molecule has 0 aliphatic heterocycles. The van der Waals surface area contributed by atoms with Gasteiger partial charge in [0.1, 0.15) is 17.9 Å². The fourth-order valence-electron chi connectivity index (χ4n) is 9.85. The minimum absolute atomic E-state index is 0. The molecule has 0 heterocycles. The average Bonchev–Trinajstić information content (AvgIpc) is 4.61. The van der Waals surface area contributed by atoms with Crippen molar-refractivity contribution in [3.05, 3.63) is 0 Å². The first kappa shape index (κ1) is 126. The molecular weight excluding hydrogens is 1530 g/mol. The Kier molecular flexibility index (Phi) is 181. The number of aliphatic hydroxyl groups is 2. The average molecular weight is 1690 g/mol. The number of alkyl halides is 1. The summed E-state index contributed by atoms with van der Waals surface area (Å²) in [6, 6.07) is 1.75. The van der Waals surface area contributed by atoms with Crippen molar-refractivity contribution >= 4 is 102 Å². The summed E-state index contributed by atoms with van der Waals surface area (Å²) in [5, 5.41) is 31.5. The van der Waals surface area contributed by atoms with Crippen LogP contribution in [0.25, 0.3) is 0 Å². The summed E-state index contributed by atoms with van der Waals surface area (Å²) in [5.41, 5.74) is 0. The number of carboxylic acid groups (broad SMARTS) is 1. The van der Waals surface area contributed by atoms with Gasteiger partial charge in [-0.1, -0.05) is 383 Å². The van der Waals surface area contributed by atoms with Crippen molar-refractivity contribution in [1.82, 2.24) is 5.06 Å². The van der Waals surface area contributed by atoms with Gasteiger partial charge in [-0.3, -0.25) is 14.4 Å². The molecule has 11 rings (SSSR count). The quantitative estimate of drug-likeness (QED) is 0.0751. The van der Waals surface area contributed by atoms with Crippen LogP contribution in [0.2, 0.25) is 0 Å². The fourth-order valence-corrected chi connectivity index (χ4v) is 9.85. The van der Waals surface area contributed by atoms with E-state index in [1.54, 1.807) is 33.9 Å². The summed E-state index contributed by atoms with van der Waals surface area (Å²) in [5.74, 6) is 1.22. The number of hydroxylamine groups is 2. The Labute approximate surface area is 651 Å². The van der Waals surface area contributed by atoms with Crippen LogP contribution in [-0.4, -0.2) is 94.2 Å². The van der Waals surface area contributed by atoms with Gasteiger partial charge >= 0.3 is 0 Å². The molecule has 577 valence electrons. The normalized spacial score (nSPS) is 16.2. The third kappa shape index (κ3) is 218. The monoisotopic (exact) mass is 1690 g/mol. The Bertz CT molecular complexity index is 987. The van der Waals surface area contributed by atoms with Crippen molar-refractivity contribution in [3.8, 4) is 6.07 Å². The SMILES string of the molecule is C1CCCC1.C1CCCC1.C1CCCC1.C1CCCC1.C1CCCC1.C1CCCC1.C1CCCC1.C1CCCC1.C1CCCC1.C1CCCC1.C1CCCC1.CBr.CC.CC#N.CC(=O)O.CC(C)=O.CC(C)=O.CC(C)O.CC=O.CCO.CON(C)C(C)=O.I[B]I.[B].[V]. The van der Waals surface area contributed by atoms with Crippen molar-refractivity contribution in [2.45, 2.75) is 449 Å². The number of carboxylic acids is 1. The number of nitrogens with zero attached hydrogens (tertiary/aromatic N) is 2. The first-order chi connectivity index (χ1) is 45.3. The Hall–Kier alpha value is -0.0257. The summed E-state index contributed by atoms with van der Waals surface area (Å²) in [6.07, 6.45) is 83.1. The molecular formula is C79H165B2BrI2N2O9V. The largest absolute Gasteiger partial charge is 0.481 e. The number of aliphatic hydroxyl groups excluding tert-OH is 2. The molecule has 0 aromatic rings. The van der Waals surface area contributed by atoms with Gasteiger partial charge in [-0.15, -0.1) is 44.7 Å². The van der Waals surface area contributed by atoms with E-state index in [9.17, 15) is 14.4 Å². The molecule has 96 heavy (non-hydrogen) atoms. The topological polar surface area (TPSA) is 182 Å². The first-order valence-electron chi connectivity index (χ1n) is 38.6. The maximum atomic E-state index is 10.2. The van der Waals surface area contributed by atoms with E-state index in [1.165, 1.54) is 409 Å². The van der Waals surface area contributed by atoms with E-state index in [0.717, 1.165) is 18.3 Å². The molecule has 5 radical (unpaired) electrons. The molecule has 17 heteroatoms. The molecule has 0 unspecified atom stereocenters. The zero-order valence-electron chi connectivity index (χ0n) is 66.7. The van der Waals surface area contributed by atoms with Crippen molar-refractivity contribution in [1.29, 1.82) is 5.26 Å². The maximum absolute atomic E-state index is 10.2. The summed E-state index contributed by atoms with van der Waals surface area (Å²) < 4.78 is 1.94. The second-order valence-electron chi connectivity index (χ2n) is 24.9. The minimum atomic E-state index is -0.833. The van der Waals surface area contributed by atoms with Crippen LogP contribution in [0.15, 0.2) is 0 Å². The molecule has 0 spiro atoms. The Morgan fingerprint density at radius 1 is 0.458 bits per heavy atom. The van der Waals surface area contributed by atoms with Gasteiger partial charge in [-0.05, 0) is 61.2 Å². The van der Waals surface area contributed by atoms with Gasteiger partial charge in [0.05, 0.1) is 13.2 Å². The number of nitriles is 1. The molecule has 0 saturated heterocycles. The van der Waals surface area contributed by atoms with Crippen LogP contribution < -0.4 is 0 Å². The number of ketones is 2. The summed E-state index contributed by atoms with van der Waals surface area (Å²) in [6.45, 7) is 20.9. The first-order valence-corrected chi connectivity index (χ1v) is 42.7. The second-order valence-corrected chi connectivity index (χ2v) is 28.6. The van der Waals surface area contributed by atoms with Gasteiger partial charge in [0.25, 0.3) is 8.96 Å². The number of carbonyl (C=O) groups excluding carboxylic acids is 4. The van der Waals surface area contributed by atoms with Gasteiger partial charge in [0, 0.05) is 67.5 Å². The number of Topliss-reactive ketones (excluding diaryl/α,β-unsaturated/α-hetero) is 2. The van der Waals surface area contributed by atoms with Gasteiger partial charge in [-0.25, -0.2) is 5.06 Å². The van der Waals surface area contributed by atoms with E-state index in [-0.39, 0.29) is 57.2 Å². The molecule has 11 aliphatic carbocycles. The third-order valence-electron chi connectivity index (χ3n) is 14.5. The smallest absolute Gasteiger partial charge is 0.300 e. The molecule has 0 aromatic heterocycles. The number of amides is 1. The zero-order valence-corrected chi connectivity index (χ0v) is 74.0. The van der Waals surface area contributed by atoms with Crippen LogP contribution in [-0.2, 0) is 47.4 Å². The minimum Gasteiger partial charge on any atom is -0.481 e. The fraction of sp³-hybridized carbons (Fsp3) is 0.924. The standard InChI is InChI=1S/11C5H10.C4H9NO2.C3H8O.2C3H6O.C2H3N.C2H4O2.C2H6O.C2H4O.C2H6.CH3Br.BI2.B.V/c11*1-2-4-5-3-1;1-4(6)5(2)7-3;3*1-3(2)4;1-2-3;1-2(3)4;2*1-2-3;2*1-2;2-1-3;;/h11*1-5H2;1-3H3;3-4H,1-2H3;2*1-2H3;1H3;1H3,(H,3,4);3H,2H2,1H3;2H,1H3;1-2H3;1H3;;;. The number of aliphatic carboxylic acids is 1. The summed E-state index contributed by atoms with van der Waals surface area (Å²) >= 11 is 7.24. The van der Waals surface area contributed by atoms with E-state index in [2.05, 4.69) is 65.5 Å². The van der Waals surface area contributed by atoms with Crippen LogP contribution in [0.1, 0.15) is 443 Å². The van der Waals surface area contributed by atoms with E-state index in [0.29, 0.717) is 0 Å². The molecule has 11 nitrogen and oxygen atoms in total. The van der Waals surface area contributed by atoms with Gasteiger partial charge < -0.3 is 29.7 Å². The van der Waals surface area contributed by atoms with Crippen molar-refractivity contribution < 1.29 is 62.7 Å². The molecule has 11 saturated carbocycles. The van der Waals surface area contributed by atoms with Crippen LogP contribution >= 0.6 is 60.7 Å². The van der Waals surface area contributed by atoms with Crippen LogP contribution in [0.3, 0.4) is 0 Å². The summed E-state index contributed by atoms with van der Waals surface area (Å²) in [7, 11) is 3.00. The second kappa shape index (κ2) is 138. The van der Waals surface area contributed by atoms with Crippen molar-refractivity contribution in [2.75, 3.05) is 26.6 Å². The molecule has 3 N–H and O–H groups in total. The number of rotatable bonds is 1. The van der Waals surface area contributed by atoms with Gasteiger partial charge in [0.15, 0.2) is 0 Å². The molecule has 0 atom stereocenters. The van der Waals surface area contributed by atoms with Crippen molar-refractivity contribution in [2.24, 2.45) is 0 Å². The Morgan fingerprint density at radius 3 is 0.510 bits per heavy atom. The van der Waals surface area contributed by atoms with Crippen LogP contribution in [0.4, 0.5) is 0 Å². The predicted octanol–water partition coefficient (Wildman–Crippen LogP) is 26.9. The van der Waals surface area contributed by atoms with Gasteiger partial charge in [0.2, 0.25) is 5.91 Å². The number of hydrogen-bond donors (Lipinski definition) is 3. The number of hydrogen-bond acceptors (Lipinski definition) is 9. The number of carbonyl (C=O) groups is 5. The van der Waals surface area contributed by atoms with Crippen molar-refractivity contribution in [3.63, 3.8) is 0 Å². The van der Waals surface area contributed by atoms with Gasteiger partial charge in [-0.2, -0.15) is 5.26 Å².